The van der Waals surface area contributed by atoms with Crippen LogP contribution in [0, 0.1) is 0 Å². The van der Waals surface area contributed by atoms with Gasteiger partial charge in [-0.2, -0.15) is 26.3 Å². The lowest BCUT2D eigenvalue weighted by atomic mass is 10.00. The highest BCUT2D eigenvalue weighted by molar-refractivity contribution is 6.25. The average molecular weight is 328 g/mol. The summed E-state index contributed by atoms with van der Waals surface area (Å²) < 4.78 is 76.3. The van der Waals surface area contributed by atoms with Crippen LogP contribution in [0.2, 0.25) is 0 Å². The second kappa shape index (κ2) is 5.05. The Labute approximate surface area is 120 Å². The number of halogens is 7. The van der Waals surface area contributed by atoms with E-state index < -0.39 is 23.6 Å². The maximum absolute atomic E-state index is 12.7. The minimum Gasteiger partial charge on any atom is -0.253 e. The molecular weight excluding hydrogens is 320 g/mol. The van der Waals surface area contributed by atoms with Gasteiger partial charge >= 0.3 is 12.4 Å². The van der Waals surface area contributed by atoms with Crippen molar-refractivity contribution < 1.29 is 26.3 Å². The molecule has 2 rings (SSSR count). The molecule has 0 radical (unpaired) electrons. The predicted molar refractivity (Wildman–Crippen MR) is 66.1 cm³/mol. The second-order valence-corrected chi connectivity index (χ2v) is 5.11. The first kappa shape index (κ1) is 15.9. The van der Waals surface area contributed by atoms with Crippen LogP contribution in [0.25, 0.3) is 10.9 Å². The van der Waals surface area contributed by atoms with Crippen molar-refractivity contribution in [3.63, 3.8) is 0 Å². The minimum atomic E-state index is -5.64. The fourth-order valence-electron chi connectivity index (χ4n) is 1.82. The van der Waals surface area contributed by atoms with E-state index in [9.17, 15) is 26.3 Å². The van der Waals surface area contributed by atoms with Gasteiger partial charge in [-0.05, 0) is 12.1 Å². The lowest BCUT2D eigenvalue weighted by molar-refractivity contribution is -0.267. The number of fused-ring (bicyclic) bond motifs is 1. The van der Waals surface area contributed by atoms with Crippen LogP contribution in [0.5, 0.6) is 0 Å². The predicted octanol–water partition coefficient (Wildman–Crippen LogP) is 4.88. The van der Waals surface area contributed by atoms with Crippen molar-refractivity contribution in [3.05, 3.63) is 42.1 Å². The van der Waals surface area contributed by atoms with Crippen molar-refractivity contribution in [2.45, 2.75) is 23.6 Å². The third kappa shape index (κ3) is 2.92. The number of rotatable bonds is 2. The molecule has 0 saturated carbocycles. The Hall–Kier alpha value is -1.50. The Morgan fingerprint density at radius 1 is 0.857 bits per heavy atom. The maximum Gasteiger partial charge on any atom is 0.416 e. The highest BCUT2D eigenvalue weighted by atomic mass is 35.5. The molecule has 114 valence electrons. The van der Waals surface area contributed by atoms with E-state index in [2.05, 4.69) is 4.98 Å². The van der Waals surface area contributed by atoms with E-state index in [1.807, 2.05) is 0 Å². The Balaban J connectivity index is 2.44. The highest BCUT2D eigenvalue weighted by Gasteiger charge is 2.70. The molecule has 0 bridgehead atoms. The third-order valence-electron chi connectivity index (χ3n) is 2.98. The first-order valence-corrected chi connectivity index (χ1v) is 6.09. The summed E-state index contributed by atoms with van der Waals surface area (Å²) in [6.45, 7) is 0. The van der Waals surface area contributed by atoms with Crippen LogP contribution in [0.15, 0.2) is 36.4 Å². The van der Waals surface area contributed by atoms with Crippen LogP contribution >= 0.6 is 11.6 Å². The number of nitrogens with zero attached hydrogens (tertiary/aromatic N) is 1. The summed E-state index contributed by atoms with van der Waals surface area (Å²) in [4.78, 5) is -0.549. The number of pyridine rings is 1. The van der Waals surface area contributed by atoms with E-state index in [4.69, 9.17) is 11.6 Å². The molecule has 1 aromatic heterocycles. The van der Waals surface area contributed by atoms with Crippen molar-refractivity contribution in [2.24, 2.45) is 0 Å². The van der Waals surface area contributed by atoms with Crippen LogP contribution in [-0.2, 0) is 6.42 Å². The van der Waals surface area contributed by atoms with Crippen LogP contribution in [0.3, 0.4) is 0 Å². The summed E-state index contributed by atoms with van der Waals surface area (Å²) in [6, 6.07) is 8.92. The SMILES string of the molecule is FC(F)(F)C(Cl)(Cc1ccc2ccccc2n1)C(F)(F)F. The zero-order valence-corrected chi connectivity index (χ0v) is 11.0. The molecule has 1 heterocycles. The highest BCUT2D eigenvalue weighted by Crippen LogP contribution is 2.49. The Morgan fingerprint density at radius 2 is 1.43 bits per heavy atom. The molecule has 21 heavy (non-hydrogen) atoms. The largest absolute Gasteiger partial charge is 0.416 e. The zero-order valence-electron chi connectivity index (χ0n) is 10.3. The van der Waals surface area contributed by atoms with Crippen LogP contribution in [-0.4, -0.2) is 22.2 Å². The molecule has 0 unspecified atom stereocenters. The van der Waals surface area contributed by atoms with E-state index in [1.165, 1.54) is 12.1 Å². The fourth-order valence-corrected chi connectivity index (χ4v) is 1.95. The van der Waals surface area contributed by atoms with Gasteiger partial charge in [-0.15, -0.1) is 0 Å². The van der Waals surface area contributed by atoms with E-state index in [0.29, 0.717) is 10.9 Å². The molecule has 8 heteroatoms. The van der Waals surface area contributed by atoms with Gasteiger partial charge in [0.1, 0.15) is 0 Å². The molecule has 2 aromatic rings. The summed E-state index contributed by atoms with van der Waals surface area (Å²) in [6.07, 6.45) is -12.8. The molecule has 0 fully saturated rings. The Kier molecular flexibility index (Phi) is 3.82. The average Bonchev–Trinajstić information content (AvgIpc) is 2.36. The molecule has 1 nitrogen and oxygen atoms in total. The van der Waals surface area contributed by atoms with Gasteiger partial charge in [0, 0.05) is 17.5 Å². The van der Waals surface area contributed by atoms with Crippen LogP contribution < -0.4 is 0 Å². The molecule has 0 saturated heterocycles. The summed E-state index contributed by atoms with van der Waals surface area (Å²) >= 11 is 4.89. The molecule has 0 atom stereocenters. The maximum atomic E-state index is 12.7. The monoisotopic (exact) mass is 327 g/mol. The first-order chi connectivity index (χ1) is 9.54. The van der Waals surface area contributed by atoms with E-state index in [1.54, 1.807) is 18.2 Å². The van der Waals surface area contributed by atoms with E-state index in [0.717, 1.165) is 6.07 Å². The minimum absolute atomic E-state index is 0.304. The number of aromatic nitrogens is 1. The van der Waals surface area contributed by atoms with Crippen molar-refractivity contribution in [1.29, 1.82) is 0 Å². The van der Waals surface area contributed by atoms with Crippen molar-refractivity contribution in [2.75, 3.05) is 0 Å². The van der Waals surface area contributed by atoms with Gasteiger partial charge in [0.15, 0.2) is 0 Å². The molecule has 0 spiro atoms. The van der Waals surface area contributed by atoms with Gasteiger partial charge in [-0.3, -0.25) is 4.98 Å². The quantitative estimate of drug-likeness (QED) is 0.566. The lowest BCUT2D eigenvalue weighted by Crippen LogP contribution is -2.53. The van der Waals surface area contributed by atoms with Crippen molar-refractivity contribution >= 4 is 22.5 Å². The van der Waals surface area contributed by atoms with Gasteiger partial charge < -0.3 is 0 Å². The topological polar surface area (TPSA) is 12.9 Å². The van der Waals surface area contributed by atoms with Crippen molar-refractivity contribution in [3.8, 4) is 0 Å². The smallest absolute Gasteiger partial charge is 0.253 e. The molecule has 0 N–H and O–H groups in total. The van der Waals surface area contributed by atoms with Gasteiger partial charge in [-0.1, -0.05) is 35.9 Å². The summed E-state index contributed by atoms with van der Waals surface area (Å²) in [7, 11) is 0. The van der Waals surface area contributed by atoms with Crippen LogP contribution in [0.4, 0.5) is 26.3 Å². The molecule has 0 amide bonds. The van der Waals surface area contributed by atoms with Crippen molar-refractivity contribution in [1.82, 2.24) is 4.98 Å². The summed E-state index contributed by atoms with van der Waals surface area (Å²) in [5.74, 6) is 0. The number of alkyl halides is 7. The lowest BCUT2D eigenvalue weighted by Gasteiger charge is -2.31. The number of para-hydroxylation sites is 1. The fraction of sp³-hybridized carbons (Fsp3) is 0.308. The summed E-state index contributed by atoms with van der Waals surface area (Å²) in [5, 5.41) is 0.612. The Bertz CT molecular complexity index is 635. The van der Waals surface area contributed by atoms with Gasteiger partial charge in [0.2, 0.25) is 4.87 Å². The first-order valence-electron chi connectivity index (χ1n) is 5.72. The molecule has 1 aromatic carbocycles. The third-order valence-corrected chi connectivity index (χ3v) is 3.54. The molecule has 0 aliphatic heterocycles. The molecule has 0 aliphatic carbocycles. The Morgan fingerprint density at radius 3 is 2.00 bits per heavy atom. The van der Waals surface area contributed by atoms with Crippen LogP contribution in [0.1, 0.15) is 5.69 Å². The number of benzene rings is 1. The number of hydrogen-bond donors (Lipinski definition) is 0. The molecule has 0 aliphatic rings. The second-order valence-electron chi connectivity index (χ2n) is 4.47. The van der Waals surface area contributed by atoms with E-state index in [-0.39, 0.29) is 5.69 Å². The standard InChI is InChI=1S/C13H8ClF6N/c14-11(12(15,16)17,13(18,19)20)7-9-6-5-8-3-1-2-4-10(8)21-9/h1-6H,7H2. The summed E-state index contributed by atoms with van der Waals surface area (Å²) in [5.41, 5.74) is -0.0725. The zero-order chi connectivity index (χ0) is 15.9. The van der Waals surface area contributed by atoms with Gasteiger partial charge in [0.05, 0.1) is 5.52 Å². The van der Waals surface area contributed by atoms with Gasteiger partial charge in [0.25, 0.3) is 0 Å². The number of hydrogen-bond acceptors (Lipinski definition) is 1. The van der Waals surface area contributed by atoms with Gasteiger partial charge in [-0.25, -0.2) is 0 Å². The normalized spacial score (nSPS) is 13.7. The molecular formula is C13H8ClF6N. The van der Waals surface area contributed by atoms with E-state index >= 15 is 0 Å².